The number of ether oxygens (including phenoxy) is 1. The molecular weight excluding hydrogens is 385 g/mol. The van der Waals surface area contributed by atoms with E-state index in [1.54, 1.807) is 6.07 Å². The molecule has 0 aromatic heterocycles. The van der Waals surface area contributed by atoms with E-state index in [2.05, 4.69) is 0 Å². The van der Waals surface area contributed by atoms with Crippen LogP contribution in [0.15, 0.2) is 30.3 Å². The largest absolute Gasteiger partial charge is 0.456 e. The van der Waals surface area contributed by atoms with Gasteiger partial charge in [0.15, 0.2) is 11.4 Å². The third kappa shape index (κ3) is 2.15. The van der Waals surface area contributed by atoms with E-state index in [-0.39, 0.29) is 17.1 Å². The summed E-state index contributed by atoms with van der Waals surface area (Å²) in [5, 5.41) is 19.3. The van der Waals surface area contributed by atoms with Crippen molar-refractivity contribution in [3.63, 3.8) is 0 Å². The van der Waals surface area contributed by atoms with Crippen molar-refractivity contribution >= 4 is 5.78 Å². The second-order valence-electron chi connectivity index (χ2n) is 6.68. The van der Waals surface area contributed by atoms with Gasteiger partial charge in [0.1, 0.15) is 17.3 Å². The standard InChI is InChI=1S/C19H10F5NO3/c20-10-5-9(8-25)6-11(7-10)28-14-2-1-12-16-15(14)13(26)3-4-17(16,27)19(23,24)18(12,21)22/h1-2,5-7,27H,3-4H2. The molecule has 28 heavy (non-hydrogen) atoms. The molecule has 4 rings (SSSR count). The summed E-state index contributed by atoms with van der Waals surface area (Å²) in [4.78, 5) is 12.4. The first kappa shape index (κ1) is 18.4. The lowest BCUT2D eigenvalue weighted by Gasteiger charge is -2.35. The smallest absolute Gasteiger partial charge is 0.346 e. The fraction of sp³-hybridized carbons (Fsp3) is 0.263. The summed E-state index contributed by atoms with van der Waals surface area (Å²) in [6.45, 7) is 0. The number of benzene rings is 2. The van der Waals surface area contributed by atoms with Crippen LogP contribution >= 0.6 is 0 Å². The predicted molar refractivity (Wildman–Crippen MR) is 83.9 cm³/mol. The van der Waals surface area contributed by atoms with E-state index in [9.17, 15) is 31.9 Å². The van der Waals surface area contributed by atoms with Crippen LogP contribution in [0.3, 0.4) is 0 Å². The molecule has 0 fully saturated rings. The zero-order valence-electron chi connectivity index (χ0n) is 13.9. The predicted octanol–water partition coefficient (Wildman–Crippen LogP) is 4.39. The van der Waals surface area contributed by atoms with Crippen molar-refractivity contribution in [2.24, 2.45) is 0 Å². The molecule has 0 bridgehead atoms. The fourth-order valence-corrected chi connectivity index (χ4v) is 3.74. The number of carbonyl (C=O) groups is 1. The lowest BCUT2D eigenvalue weighted by atomic mass is 9.78. The molecule has 1 unspecified atom stereocenters. The minimum Gasteiger partial charge on any atom is -0.456 e. The molecule has 0 saturated carbocycles. The molecule has 1 atom stereocenters. The van der Waals surface area contributed by atoms with Gasteiger partial charge in [0.2, 0.25) is 0 Å². The summed E-state index contributed by atoms with van der Waals surface area (Å²) >= 11 is 0. The van der Waals surface area contributed by atoms with Gasteiger partial charge in [0, 0.05) is 23.6 Å². The minimum atomic E-state index is -4.82. The Morgan fingerprint density at radius 3 is 2.54 bits per heavy atom. The summed E-state index contributed by atoms with van der Waals surface area (Å²) in [5.74, 6) is -11.7. The number of halogens is 5. The van der Waals surface area contributed by atoms with Crippen molar-refractivity contribution in [1.82, 2.24) is 0 Å². The molecule has 1 N–H and O–H groups in total. The van der Waals surface area contributed by atoms with Crippen LogP contribution in [0.2, 0.25) is 0 Å². The zero-order valence-corrected chi connectivity index (χ0v) is 13.9. The summed E-state index contributed by atoms with van der Waals surface area (Å²) < 4.78 is 76.3. The van der Waals surface area contributed by atoms with Gasteiger partial charge in [-0.25, -0.2) is 4.39 Å². The minimum absolute atomic E-state index is 0.106. The molecular formula is C19H10F5NO3. The molecule has 144 valence electrons. The van der Waals surface area contributed by atoms with Gasteiger partial charge in [0.25, 0.3) is 0 Å². The van der Waals surface area contributed by atoms with Crippen molar-refractivity contribution in [2.75, 3.05) is 0 Å². The number of rotatable bonds is 2. The number of nitriles is 1. The van der Waals surface area contributed by atoms with E-state index in [1.165, 1.54) is 0 Å². The van der Waals surface area contributed by atoms with Crippen LogP contribution in [0.4, 0.5) is 22.0 Å². The molecule has 0 amide bonds. The van der Waals surface area contributed by atoms with Crippen LogP contribution in [-0.2, 0) is 11.5 Å². The summed E-state index contributed by atoms with van der Waals surface area (Å²) in [5.41, 5.74) is -5.94. The number of hydrogen-bond acceptors (Lipinski definition) is 4. The van der Waals surface area contributed by atoms with E-state index in [0.717, 1.165) is 24.3 Å². The maximum atomic E-state index is 14.4. The van der Waals surface area contributed by atoms with E-state index < -0.39 is 58.6 Å². The van der Waals surface area contributed by atoms with Gasteiger partial charge >= 0.3 is 11.8 Å². The molecule has 9 heteroatoms. The van der Waals surface area contributed by atoms with Crippen LogP contribution in [-0.4, -0.2) is 16.8 Å². The Kier molecular flexibility index (Phi) is 3.62. The van der Waals surface area contributed by atoms with Gasteiger partial charge in [0.05, 0.1) is 17.2 Å². The highest BCUT2D eigenvalue weighted by Gasteiger charge is 2.77. The average Bonchev–Trinajstić information content (AvgIpc) is 2.74. The maximum absolute atomic E-state index is 14.4. The molecule has 0 heterocycles. The fourth-order valence-electron chi connectivity index (χ4n) is 3.74. The summed E-state index contributed by atoms with van der Waals surface area (Å²) in [7, 11) is 0. The Morgan fingerprint density at radius 1 is 1.14 bits per heavy atom. The average molecular weight is 395 g/mol. The Bertz CT molecular complexity index is 1080. The summed E-state index contributed by atoms with van der Waals surface area (Å²) in [6, 6.07) is 6.17. The molecule has 0 aliphatic heterocycles. The van der Waals surface area contributed by atoms with Crippen LogP contribution < -0.4 is 4.74 Å². The number of Topliss-reactive ketones (excluding diaryl/α,β-unsaturated/α-hetero) is 1. The molecule has 2 aliphatic rings. The first-order valence-electron chi connectivity index (χ1n) is 8.10. The second-order valence-corrected chi connectivity index (χ2v) is 6.68. The van der Waals surface area contributed by atoms with Crippen LogP contribution in [0.25, 0.3) is 0 Å². The van der Waals surface area contributed by atoms with E-state index in [4.69, 9.17) is 10.00 Å². The molecule has 0 spiro atoms. The van der Waals surface area contributed by atoms with Crippen LogP contribution in [0, 0.1) is 17.1 Å². The number of ketones is 1. The molecule has 0 saturated heterocycles. The molecule has 2 aromatic rings. The highest BCUT2D eigenvalue weighted by molar-refractivity contribution is 6.02. The van der Waals surface area contributed by atoms with Crippen LogP contribution in [0.5, 0.6) is 11.5 Å². The normalized spacial score (nSPS) is 23.8. The quantitative estimate of drug-likeness (QED) is 0.766. The number of carbonyl (C=O) groups excluding carboxylic acids is 1. The van der Waals surface area contributed by atoms with E-state index in [1.807, 2.05) is 0 Å². The van der Waals surface area contributed by atoms with Crippen molar-refractivity contribution < 1.29 is 36.6 Å². The van der Waals surface area contributed by atoms with Crippen molar-refractivity contribution in [3.05, 3.63) is 58.4 Å². The lowest BCUT2D eigenvalue weighted by molar-refractivity contribution is -0.287. The first-order chi connectivity index (χ1) is 13.0. The van der Waals surface area contributed by atoms with Crippen molar-refractivity contribution in [2.45, 2.75) is 30.3 Å². The maximum Gasteiger partial charge on any atom is 0.346 e. The molecule has 4 nitrogen and oxygen atoms in total. The Morgan fingerprint density at radius 2 is 1.86 bits per heavy atom. The van der Waals surface area contributed by atoms with Crippen LogP contribution in [0.1, 0.15) is 39.9 Å². The highest BCUT2D eigenvalue weighted by Crippen LogP contribution is 2.64. The van der Waals surface area contributed by atoms with Gasteiger partial charge < -0.3 is 9.84 Å². The zero-order chi connectivity index (χ0) is 20.5. The van der Waals surface area contributed by atoms with Gasteiger partial charge in [-0.2, -0.15) is 22.8 Å². The number of hydrogen-bond donors (Lipinski definition) is 1. The monoisotopic (exact) mass is 395 g/mol. The third-order valence-electron chi connectivity index (χ3n) is 5.05. The van der Waals surface area contributed by atoms with Crippen molar-refractivity contribution in [3.8, 4) is 17.6 Å². The first-order valence-corrected chi connectivity index (χ1v) is 8.10. The number of alkyl halides is 4. The molecule has 2 aromatic carbocycles. The number of aliphatic hydroxyl groups is 1. The van der Waals surface area contributed by atoms with Gasteiger partial charge in [-0.1, -0.05) is 0 Å². The van der Waals surface area contributed by atoms with Gasteiger partial charge in [-0.15, -0.1) is 0 Å². The SMILES string of the molecule is N#Cc1cc(F)cc(Oc2ccc3c4c2C(=O)CCC4(O)C(F)(F)C3(F)F)c1. The Hall–Kier alpha value is -2.99. The molecule has 2 aliphatic carbocycles. The van der Waals surface area contributed by atoms with E-state index in [0.29, 0.717) is 6.07 Å². The summed E-state index contributed by atoms with van der Waals surface area (Å²) in [6.07, 6.45) is -1.46. The topological polar surface area (TPSA) is 70.3 Å². The highest BCUT2D eigenvalue weighted by atomic mass is 19.3. The van der Waals surface area contributed by atoms with Gasteiger partial charge in [-0.05, 0) is 30.7 Å². The third-order valence-corrected chi connectivity index (χ3v) is 5.05. The number of nitrogens with zero attached hydrogens (tertiary/aromatic N) is 1. The van der Waals surface area contributed by atoms with Crippen molar-refractivity contribution in [1.29, 1.82) is 5.26 Å². The Labute approximate surface area is 154 Å². The van der Waals surface area contributed by atoms with Gasteiger partial charge in [-0.3, -0.25) is 4.79 Å². The van der Waals surface area contributed by atoms with E-state index >= 15 is 0 Å². The second kappa shape index (κ2) is 5.52. The Balaban J connectivity index is 1.92. The lowest BCUT2D eigenvalue weighted by Crippen LogP contribution is -2.50. The molecule has 0 radical (unpaired) electrons.